The Kier molecular flexibility index (Phi) is 6.94. The minimum Gasteiger partial charge on any atom is -0.497 e. The molecule has 128 valence electrons. The van der Waals surface area contributed by atoms with Gasteiger partial charge in [0.15, 0.2) is 0 Å². The van der Waals surface area contributed by atoms with Gasteiger partial charge in [0, 0.05) is 11.4 Å². The van der Waals surface area contributed by atoms with Crippen LogP contribution in [0.3, 0.4) is 0 Å². The van der Waals surface area contributed by atoms with Gasteiger partial charge < -0.3 is 14.8 Å². The highest BCUT2D eigenvalue weighted by atomic mass is 35.5. The number of carbonyl (C=O) groups excluding carboxylic acids is 1. The molecule has 1 atom stereocenters. The molecule has 0 aliphatic carbocycles. The van der Waals surface area contributed by atoms with Crippen molar-refractivity contribution in [2.45, 2.75) is 25.8 Å². The maximum absolute atomic E-state index is 12.0. The second-order valence-corrected chi connectivity index (χ2v) is 6.02. The van der Waals surface area contributed by atoms with E-state index in [0.29, 0.717) is 24.5 Å². The summed E-state index contributed by atoms with van der Waals surface area (Å²) in [5.74, 6) is 1.54. The molecule has 2 aromatic rings. The Hall–Kier alpha value is -2.20. The molecule has 2 aromatic carbocycles. The molecule has 5 heteroatoms. The molecule has 0 heterocycles. The van der Waals surface area contributed by atoms with Crippen LogP contribution in [0.15, 0.2) is 48.5 Å². The molecule has 0 saturated carbocycles. The number of methoxy groups -OCH3 is 1. The molecule has 0 bridgehead atoms. The summed E-state index contributed by atoms with van der Waals surface area (Å²) >= 11 is 5.85. The van der Waals surface area contributed by atoms with Crippen LogP contribution in [0.5, 0.6) is 11.5 Å². The quantitative estimate of drug-likeness (QED) is 0.788. The fraction of sp³-hybridized carbons (Fsp3) is 0.316. The van der Waals surface area contributed by atoms with Gasteiger partial charge in [0.1, 0.15) is 18.1 Å². The van der Waals surface area contributed by atoms with Crippen LogP contribution in [0.25, 0.3) is 0 Å². The summed E-state index contributed by atoms with van der Waals surface area (Å²) in [6.07, 6.45) is 1.13. The summed E-state index contributed by atoms with van der Waals surface area (Å²) in [5, 5.41) is 3.64. The highest BCUT2D eigenvalue weighted by Crippen LogP contribution is 2.17. The van der Waals surface area contributed by atoms with Gasteiger partial charge in [-0.15, -0.1) is 0 Å². The van der Waals surface area contributed by atoms with Crippen LogP contribution in [-0.4, -0.2) is 25.7 Å². The van der Waals surface area contributed by atoms with Crippen molar-refractivity contribution in [3.63, 3.8) is 0 Å². The lowest BCUT2D eigenvalue weighted by atomic mass is 10.1. The molecule has 1 N–H and O–H groups in total. The van der Waals surface area contributed by atoms with E-state index < -0.39 is 0 Å². The van der Waals surface area contributed by atoms with E-state index in [0.717, 1.165) is 17.1 Å². The maximum Gasteiger partial charge on any atom is 0.220 e. The normalized spacial score (nSPS) is 11.6. The Morgan fingerprint density at radius 1 is 1.08 bits per heavy atom. The van der Waals surface area contributed by atoms with E-state index in [-0.39, 0.29) is 11.9 Å². The van der Waals surface area contributed by atoms with E-state index in [1.165, 1.54) is 0 Å². The van der Waals surface area contributed by atoms with Crippen LogP contribution in [0.4, 0.5) is 0 Å². The zero-order valence-corrected chi connectivity index (χ0v) is 14.7. The summed E-state index contributed by atoms with van der Waals surface area (Å²) in [4.78, 5) is 12.0. The van der Waals surface area contributed by atoms with Gasteiger partial charge in [-0.2, -0.15) is 0 Å². The third-order valence-corrected chi connectivity index (χ3v) is 3.77. The first-order chi connectivity index (χ1) is 11.6. The Morgan fingerprint density at radius 3 is 2.33 bits per heavy atom. The Bertz CT molecular complexity index is 641. The number of halogens is 1. The summed E-state index contributed by atoms with van der Waals surface area (Å²) in [6.45, 7) is 2.34. The van der Waals surface area contributed by atoms with Gasteiger partial charge >= 0.3 is 0 Å². The van der Waals surface area contributed by atoms with Gasteiger partial charge in [0.2, 0.25) is 5.91 Å². The average molecular weight is 348 g/mol. The molecular weight excluding hydrogens is 326 g/mol. The summed E-state index contributed by atoms with van der Waals surface area (Å²) in [7, 11) is 1.62. The number of hydrogen-bond donors (Lipinski definition) is 1. The molecule has 0 spiro atoms. The summed E-state index contributed by atoms with van der Waals surface area (Å²) in [5.41, 5.74) is 1.09. The maximum atomic E-state index is 12.0. The van der Waals surface area contributed by atoms with Crippen LogP contribution in [0, 0.1) is 0 Å². The Labute approximate surface area is 147 Å². The molecule has 0 aliphatic heterocycles. The van der Waals surface area contributed by atoms with Crippen molar-refractivity contribution in [1.82, 2.24) is 5.32 Å². The van der Waals surface area contributed by atoms with Gasteiger partial charge in [0.25, 0.3) is 0 Å². The minimum absolute atomic E-state index is 0.00998. The van der Waals surface area contributed by atoms with Crippen LogP contribution < -0.4 is 14.8 Å². The largest absolute Gasteiger partial charge is 0.497 e. The van der Waals surface area contributed by atoms with E-state index >= 15 is 0 Å². The van der Waals surface area contributed by atoms with Crippen molar-refractivity contribution in [2.75, 3.05) is 13.7 Å². The standard InChI is InChI=1S/C19H22ClNO3/c1-14(13-24-18-10-8-17(23-2)9-11-18)21-19(22)12-5-15-3-6-16(20)7-4-15/h3-4,6-11,14H,5,12-13H2,1-2H3,(H,21,22). The van der Waals surface area contributed by atoms with Gasteiger partial charge in [-0.25, -0.2) is 0 Å². The SMILES string of the molecule is COc1ccc(OCC(C)NC(=O)CCc2ccc(Cl)cc2)cc1. The number of nitrogens with one attached hydrogen (secondary N) is 1. The molecule has 1 amide bonds. The molecule has 4 nitrogen and oxygen atoms in total. The zero-order valence-electron chi connectivity index (χ0n) is 13.9. The summed E-state index contributed by atoms with van der Waals surface area (Å²) in [6, 6.07) is 14.8. The number of amides is 1. The predicted octanol–water partition coefficient (Wildman–Crippen LogP) is 3.86. The number of rotatable bonds is 8. The Morgan fingerprint density at radius 2 is 1.71 bits per heavy atom. The smallest absolute Gasteiger partial charge is 0.220 e. The molecule has 0 aliphatic rings. The lowest BCUT2D eigenvalue weighted by molar-refractivity contribution is -0.121. The highest BCUT2D eigenvalue weighted by Gasteiger charge is 2.08. The average Bonchev–Trinajstić information content (AvgIpc) is 2.60. The second kappa shape index (κ2) is 9.18. The van der Waals surface area contributed by atoms with Crippen molar-refractivity contribution in [3.05, 3.63) is 59.1 Å². The molecule has 1 unspecified atom stereocenters. The fourth-order valence-corrected chi connectivity index (χ4v) is 2.32. The lowest BCUT2D eigenvalue weighted by Gasteiger charge is -2.15. The number of aryl methyl sites for hydroxylation is 1. The molecule has 24 heavy (non-hydrogen) atoms. The molecule has 0 radical (unpaired) electrons. The zero-order chi connectivity index (χ0) is 17.4. The fourth-order valence-electron chi connectivity index (χ4n) is 2.19. The van der Waals surface area contributed by atoms with Crippen molar-refractivity contribution in [1.29, 1.82) is 0 Å². The molecule has 2 rings (SSSR count). The van der Waals surface area contributed by atoms with Crippen LogP contribution in [-0.2, 0) is 11.2 Å². The van der Waals surface area contributed by atoms with E-state index in [1.807, 2.05) is 55.5 Å². The minimum atomic E-state index is -0.0650. The molecule has 0 saturated heterocycles. The Balaban J connectivity index is 1.69. The van der Waals surface area contributed by atoms with E-state index in [9.17, 15) is 4.79 Å². The van der Waals surface area contributed by atoms with Crippen LogP contribution >= 0.6 is 11.6 Å². The number of ether oxygens (including phenoxy) is 2. The van der Waals surface area contributed by atoms with Gasteiger partial charge in [-0.05, 0) is 55.3 Å². The second-order valence-electron chi connectivity index (χ2n) is 5.58. The predicted molar refractivity (Wildman–Crippen MR) is 95.9 cm³/mol. The van der Waals surface area contributed by atoms with Gasteiger partial charge in [0.05, 0.1) is 13.2 Å². The number of hydrogen-bond acceptors (Lipinski definition) is 3. The third-order valence-electron chi connectivity index (χ3n) is 3.52. The van der Waals surface area contributed by atoms with Gasteiger partial charge in [-0.1, -0.05) is 23.7 Å². The topological polar surface area (TPSA) is 47.6 Å². The molecule has 0 aromatic heterocycles. The summed E-state index contributed by atoms with van der Waals surface area (Å²) < 4.78 is 10.8. The molecule has 0 fully saturated rings. The van der Waals surface area contributed by atoms with Crippen molar-refractivity contribution < 1.29 is 14.3 Å². The van der Waals surface area contributed by atoms with E-state index in [4.69, 9.17) is 21.1 Å². The number of carbonyl (C=O) groups is 1. The first-order valence-electron chi connectivity index (χ1n) is 7.87. The van der Waals surface area contributed by atoms with Gasteiger partial charge in [-0.3, -0.25) is 4.79 Å². The monoisotopic (exact) mass is 347 g/mol. The first kappa shape index (κ1) is 18.1. The third kappa shape index (κ3) is 6.13. The number of benzene rings is 2. The lowest BCUT2D eigenvalue weighted by Crippen LogP contribution is -2.36. The highest BCUT2D eigenvalue weighted by molar-refractivity contribution is 6.30. The van der Waals surface area contributed by atoms with E-state index in [2.05, 4.69) is 5.32 Å². The van der Waals surface area contributed by atoms with Crippen LogP contribution in [0.2, 0.25) is 5.02 Å². The van der Waals surface area contributed by atoms with E-state index in [1.54, 1.807) is 7.11 Å². The first-order valence-corrected chi connectivity index (χ1v) is 8.25. The van der Waals surface area contributed by atoms with Crippen molar-refractivity contribution in [3.8, 4) is 11.5 Å². The van der Waals surface area contributed by atoms with Crippen molar-refractivity contribution in [2.24, 2.45) is 0 Å². The van der Waals surface area contributed by atoms with Crippen molar-refractivity contribution >= 4 is 17.5 Å². The van der Waals surface area contributed by atoms with Crippen LogP contribution in [0.1, 0.15) is 18.9 Å². The molecular formula is C19H22ClNO3.